The Bertz CT molecular complexity index is 738. The van der Waals surface area contributed by atoms with Crippen LogP contribution >= 0.6 is 0 Å². The van der Waals surface area contributed by atoms with Gasteiger partial charge in [-0.2, -0.15) is 0 Å². The maximum Gasteiger partial charge on any atom is 0.167 e. The van der Waals surface area contributed by atoms with E-state index in [1.807, 2.05) is 0 Å². The lowest BCUT2D eigenvalue weighted by molar-refractivity contribution is 0.331. The number of benzene rings is 2. The first kappa shape index (κ1) is 17.8. The van der Waals surface area contributed by atoms with Gasteiger partial charge in [-0.25, -0.2) is 13.2 Å². The summed E-state index contributed by atoms with van der Waals surface area (Å²) in [7, 11) is 3.02. The molecule has 0 unspecified atom stereocenters. The minimum absolute atomic E-state index is 0.0135. The Morgan fingerprint density at radius 2 is 1.79 bits per heavy atom. The summed E-state index contributed by atoms with van der Waals surface area (Å²) in [5, 5.41) is 0. The maximum atomic E-state index is 14.2. The van der Waals surface area contributed by atoms with Gasteiger partial charge in [-0.15, -0.1) is 0 Å². The van der Waals surface area contributed by atoms with Crippen LogP contribution in [0, 0.1) is 17.5 Å². The highest BCUT2D eigenvalue weighted by Crippen LogP contribution is 2.34. The molecule has 2 rings (SSSR count). The number of nitrogens with zero attached hydrogens (tertiary/aromatic N) is 1. The predicted octanol–water partition coefficient (Wildman–Crippen LogP) is 3.73. The Kier molecular flexibility index (Phi) is 5.43. The minimum atomic E-state index is -0.984. The number of hydrogen-bond donors (Lipinski definition) is 1. The van der Waals surface area contributed by atoms with Gasteiger partial charge in [0.25, 0.3) is 0 Å². The number of ether oxygens (including phenoxy) is 2. The van der Waals surface area contributed by atoms with Crippen LogP contribution in [-0.4, -0.2) is 20.8 Å². The van der Waals surface area contributed by atoms with Crippen LogP contribution in [0.4, 0.5) is 24.5 Å². The van der Waals surface area contributed by atoms with E-state index < -0.39 is 17.5 Å². The summed E-state index contributed by atoms with van der Waals surface area (Å²) in [6, 6.07) is 4.92. The van der Waals surface area contributed by atoms with E-state index in [4.69, 9.17) is 15.2 Å². The van der Waals surface area contributed by atoms with Gasteiger partial charge in [-0.05, 0) is 25.1 Å². The van der Waals surface area contributed by atoms with Crippen molar-refractivity contribution in [3.05, 3.63) is 47.3 Å². The van der Waals surface area contributed by atoms with Crippen LogP contribution in [-0.2, 0) is 6.54 Å². The molecule has 0 radical (unpaired) electrons. The van der Waals surface area contributed by atoms with Crippen LogP contribution in [0.2, 0.25) is 0 Å². The third-order valence-electron chi connectivity index (χ3n) is 3.56. The largest absolute Gasteiger partial charge is 0.494 e. The smallest absolute Gasteiger partial charge is 0.167 e. The molecule has 0 saturated carbocycles. The van der Waals surface area contributed by atoms with Crippen LogP contribution in [0.15, 0.2) is 24.3 Å². The topological polar surface area (TPSA) is 47.7 Å². The molecule has 130 valence electrons. The molecule has 2 N–H and O–H groups in total. The first-order valence-electron chi connectivity index (χ1n) is 7.32. The molecule has 7 heteroatoms. The second-order valence-corrected chi connectivity index (χ2v) is 5.17. The van der Waals surface area contributed by atoms with Gasteiger partial charge in [0, 0.05) is 19.7 Å². The summed E-state index contributed by atoms with van der Waals surface area (Å²) in [5.41, 5.74) is 6.03. The fraction of sp³-hybridized carbons (Fsp3) is 0.294. The standard InChI is InChI=1S/C17H19F3N2O2/c1-4-24-15-6-5-11(18)17(20)10(15)9-22(2)14-8-13(21)12(19)7-16(14)23-3/h5-8H,4,9,21H2,1-3H3. The Morgan fingerprint density at radius 1 is 1.08 bits per heavy atom. The first-order valence-corrected chi connectivity index (χ1v) is 7.32. The highest BCUT2D eigenvalue weighted by Gasteiger charge is 2.19. The average Bonchev–Trinajstić information content (AvgIpc) is 2.56. The third-order valence-corrected chi connectivity index (χ3v) is 3.56. The van der Waals surface area contributed by atoms with Gasteiger partial charge in [-0.3, -0.25) is 0 Å². The molecule has 0 fully saturated rings. The molecular weight excluding hydrogens is 321 g/mol. The summed E-state index contributed by atoms with van der Waals surface area (Å²) in [6.07, 6.45) is 0. The average molecular weight is 340 g/mol. The van der Waals surface area contributed by atoms with Crippen molar-refractivity contribution in [1.82, 2.24) is 0 Å². The normalized spacial score (nSPS) is 10.6. The second kappa shape index (κ2) is 7.33. The Labute approximate surface area is 138 Å². The van der Waals surface area contributed by atoms with Gasteiger partial charge in [0.2, 0.25) is 0 Å². The molecule has 0 spiro atoms. The lowest BCUT2D eigenvalue weighted by atomic mass is 10.1. The van der Waals surface area contributed by atoms with Crippen LogP contribution in [0.3, 0.4) is 0 Å². The molecular formula is C17H19F3N2O2. The maximum absolute atomic E-state index is 14.2. The SMILES string of the molecule is CCOc1ccc(F)c(F)c1CN(C)c1cc(N)c(F)cc1OC. The van der Waals surface area contributed by atoms with Crippen molar-refractivity contribution in [1.29, 1.82) is 0 Å². The van der Waals surface area contributed by atoms with E-state index >= 15 is 0 Å². The Morgan fingerprint density at radius 3 is 2.42 bits per heavy atom. The molecule has 0 saturated heterocycles. The number of methoxy groups -OCH3 is 1. The van der Waals surface area contributed by atoms with Gasteiger partial charge >= 0.3 is 0 Å². The monoisotopic (exact) mass is 340 g/mol. The van der Waals surface area contributed by atoms with Gasteiger partial charge < -0.3 is 20.1 Å². The van der Waals surface area contributed by atoms with Crippen LogP contribution in [0.5, 0.6) is 11.5 Å². The van der Waals surface area contributed by atoms with E-state index in [2.05, 4.69) is 0 Å². The van der Waals surface area contributed by atoms with Crippen molar-refractivity contribution >= 4 is 11.4 Å². The number of halogens is 3. The van der Waals surface area contributed by atoms with Crippen LogP contribution in [0.1, 0.15) is 12.5 Å². The summed E-state index contributed by atoms with van der Waals surface area (Å²) in [6.45, 7) is 2.05. The summed E-state index contributed by atoms with van der Waals surface area (Å²) in [5.74, 6) is -2.08. The lowest BCUT2D eigenvalue weighted by Crippen LogP contribution is -2.20. The molecule has 0 aliphatic carbocycles. The van der Waals surface area contributed by atoms with E-state index in [0.29, 0.717) is 12.3 Å². The number of nitrogen functional groups attached to an aromatic ring is 1. The Balaban J connectivity index is 2.42. The van der Waals surface area contributed by atoms with Crippen molar-refractivity contribution in [2.75, 3.05) is 31.4 Å². The van der Waals surface area contributed by atoms with Crippen molar-refractivity contribution < 1.29 is 22.6 Å². The predicted molar refractivity (Wildman–Crippen MR) is 87.0 cm³/mol. The summed E-state index contributed by atoms with van der Waals surface area (Å²) < 4.78 is 51.8. The Hall–Kier alpha value is -2.57. The molecule has 2 aromatic rings. The van der Waals surface area contributed by atoms with E-state index in [0.717, 1.165) is 12.1 Å². The number of hydrogen-bond acceptors (Lipinski definition) is 4. The zero-order valence-corrected chi connectivity index (χ0v) is 13.7. The van der Waals surface area contributed by atoms with Gasteiger partial charge in [0.1, 0.15) is 17.3 Å². The molecule has 0 aliphatic rings. The summed E-state index contributed by atoms with van der Waals surface area (Å²) in [4.78, 5) is 1.58. The number of nitrogens with two attached hydrogens (primary N) is 1. The molecule has 0 atom stereocenters. The number of rotatable bonds is 6. The molecule has 0 aromatic heterocycles. The molecule has 0 aliphatic heterocycles. The lowest BCUT2D eigenvalue weighted by Gasteiger charge is -2.24. The van der Waals surface area contributed by atoms with E-state index in [1.165, 1.54) is 19.2 Å². The van der Waals surface area contributed by atoms with Crippen molar-refractivity contribution in [2.24, 2.45) is 0 Å². The van der Waals surface area contributed by atoms with E-state index in [-0.39, 0.29) is 29.3 Å². The van der Waals surface area contributed by atoms with Gasteiger partial charge in [-0.1, -0.05) is 0 Å². The molecule has 0 bridgehead atoms. The first-order chi connectivity index (χ1) is 11.4. The fourth-order valence-electron chi connectivity index (χ4n) is 2.36. The fourth-order valence-corrected chi connectivity index (χ4v) is 2.36. The quantitative estimate of drug-likeness (QED) is 0.814. The highest BCUT2D eigenvalue weighted by atomic mass is 19.2. The zero-order chi connectivity index (χ0) is 17.9. The second-order valence-electron chi connectivity index (χ2n) is 5.17. The highest BCUT2D eigenvalue weighted by molar-refractivity contribution is 5.65. The van der Waals surface area contributed by atoms with Gasteiger partial charge in [0.15, 0.2) is 11.6 Å². The van der Waals surface area contributed by atoms with Crippen LogP contribution < -0.4 is 20.1 Å². The number of anilines is 2. The minimum Gasteiger partial charge on any atom is -0.494 e. The molecule has 2 aromatic carbocycles. The van der Waals surface area contributed by atoms with Crippen molar-refractivity contribution in [3.8, 4) is 11.5 Å². The van der Waals surface area contributed by atoms with Gasteiger partial charge in [0.05, 0.1) is 30.7 Å². The van der Waals surface area contributed by atoms with E-state index in [9.17, 15) is 13.2 Å². The van der Waals surface area contributed by atoms with Crippen molar-refractivity contribution in [3.63, 3.8) is 0 Å². The zero-order valence-electron chi connectivity index (χ0n) is 13.7. The van der Waals surface area contributed by atoms with Crippen molar-refractivity contribution in [2.45, 2.75) is 13.5 Å². The van der Waals surface area contributed by atoms with E-state index in [1.54, 1.807) is 18.9 Å². The van der Waals surface area contributed by atoms with Crippen LogP contribution in [0.25, 0.3) is 0 Å². The molecule has 0 heterocycles. The third kappa shape index (κ3) is 3.50. The molecule has 24 heavy (non-hydrogen) atoms. The summed E-state index contributed by atoms with van der Waals surface area (Å²) >= 11 is 0. The molecule has 4 nitrogen and oxygen atoms in total. The molecule has 0 amide bonds.